The number of amidine groups is 1. The van der Waals surface area contributed by atoms with Gasteiger partial charge in [0.15, 0.2) is 0 Å². The number of alkyl carbamates (subject to hydrolysis) is 2. The number of hydrogen-bond acceptors (Lipinski definition) is 11. The Morgan fingerprint density at radius 3 is 2.26 bits per heavy atom. The quantitative estimate of drug-likeness (QED) is 0.204. The maximum atomic E-state index is 13.9. The number of carbonyl (C=O) groups is 5. The zero-order valence-corrected chi connectivity index (χ0v) is 35.2. The molecule has 5 amide bonds. The van der Waals surface area contributed by atoms with Crippen molar-refractivity contribution in [3.05, 3.63) is 102 Å². The molecule has 0 spiro atoms. The lowest BCUT2D eigenvalue weighted by molar-refractivity contribution is -0.139. The molecule has 2 aromatic carbocycles. The van der Waals surface area contributed by atoms with Crippen LogP contribution in [-0.2, 0) is 23.8 Å². The van der Waals surface area contributed by atoms with Gasteiger partial charge in [-0.2, -0.15) is 0 Å². The second kappa shape index (κ2) is 19.0. The molecule has 3 aliphatic heterocycles. The van der Waals surface area contributed by atoms with Crippen molar-refractivity contribution in [1.29, 1.82) is 0 Å². The van der Waals surface area contributed by atoms with E-state index in [4.69, 9.17) is 24.2 Å². The van der Waals surface area contributed by atoms with Crippen LogP contribution in [-0.4, -0.2) is 132 Å². The number of allylic oxidation sites excluding steroid dienone is 2. The van der Waals surface area contributed by atoms with E-state index >= 15 is 0 Å². The number of aliphatic imine (C=N–C) groups is 2. The van der Waals surface area contributed by atoms with E-state index in [2.05, 4.69) is 32.4 Å². The summed E-state index contributed by atoms with van der Waals surface area (Å²) >= 11 is 0. The molecule has 0 bridgehead atoms. The Bertz CT molecular complexity index is 2380. The van der Waals surface area contributed by atoms with Gasteiger partial charge >= 0.3 is 18.3 Å². The Hall–Kier alpha value is -7.22. The fourth-order valence-electron chi connectivity index (χ4n) is 7.90. The lowest BCUT2D eigenvalue weighted by atomic mass is 10.0. The number of amides is 5. The Morgan fingerprint density at radius 1 is 0.823 bits per heavy atom. The second-order valence-corrected chi connectivity index (χ2v) is 15.4. The third-order valence-electron chi connectivity index (χ3n) is 11.2. The average molecular weight is 844 g/mol. The van der Waals surface area contributed by atoms with Gasteiger partial charge in [-0.05, 0) is 60.2 Å². The van der Waals surface area contributed by atoms with Crippen LogP contribution in [0.2, 0.25) is 0 Å². The number of imidazole rings is 1. The molecule has 322 valence electrons. The minimum absolute atomic E-state index is 0.137. The third kappa shape index (κ3) is 9.39. The Morgan fingerprint density at radius 2 is 1.55 bits per heavy atom. The van der Waals surface area contributed by atoms with Crippen molar-refractivity contribution in [3.63, 3.8) is 0 Å². The maximum Gasteiger partial charge on any atom is 0.409 e. The molecule has 17 heteroatoms. The highest BCUT2D eigenvalue weighted by Crippen LogP contribution is 2.30. The molecule has 3 unspecified atom stereocenters. The van der Waals surface area contributed by atoms with Crippen LogP contribution in [0.4, 0.5) is 14.4 Å². The number of fused-ring (bicyclic) bond motifs is 1. The lowest BCUT2D eigenvalue weighted by Crippen LogP contribution is -2.58. The third-order valence-corrected chi connectivity index (χ3v) is 11.2. The van der Waals surface area contributed by atoms with E-state index in [-0.39, 0.29) is 49.5 Å². The maximum absolute atomic E-state index is 13.9. The summed E-state index contributed by atoms with van der Waals surface area (Å²) in [6.45, 7) is 4.77. The standard InChI is InChI=1S/C45H49N9O8/c1-27(2)37(50-43(57)60-3)41(55)54-23-22-52(45(59)62-5)26-36(54)39-46-25-34(49-39)30-18-15-28(16-19-30)13-14-29-17-20-32-33(24-29)48-40(47-32)35-12-9-21-53(35)42(56)38(51-44(58)61-4)31-10-7-6-8-11-31/h6-8,10-11,15-20,24-25,27,33,35-38H,9,12,21-23,26H2,1-5H3,(H,46,49)(H,50,57)(H,51,58)/t33?,35?,36?,37-,38+/m0/s1. The molecule has 1 aromatic heterocycles. The number of piperazine rings is 1. The monoisotopic (exact) mass is 843 g/mol. The molecule has 2 saturated heterocycles. The van der Waals surface area contributed by atoms with E-state index in [0.29, 0.717) is 35.9 Å². The van der Waals surface area contributed by atoms with Crippen LogP contribution in [0.5, 0.6) is 0 Å². The number of aromatic amines is 1. The van der Waals surface area contributed by atoms with Gasteiger partial charge in [0.25, 0.3) is 5.91 Å². The van der Waals surface area contributed by atoms with E-state index in [1.54, 1.807) is 28.1 Å². The molecule has 0 saturated carbocycles. The molecule has 1 aliphatic carbocycles. The van der Waals surface area contributed by atoms with Gasteiger partial charge in [-0.15, -0.1) is 0 Å². The molecule has 2 fully saturated rings. The highest BCUT2D eigenvalue weighted by molar-refractivity contribution is 6.15. The van der Waals surface area contributed by atoms with Crippen molar-refractivity contribution in [1.82, 2.24) is 35.3 Å². The van der Waals surface area contributed by atoms with Gasteiger partial charge in [0.05, 0.1) is 51.5 Å². The molecule has 0 radical (unpaired) electrons. The van der Waals surface area contributed by atoms with Gasteiger partial charge in [0, 0.05) is 30.8 Å². The minimum atomic E-state index is -0.915. The van der Waals surface area contributed by atoms with Crippen molar-refractivity contribution >= 4 is 41.6 Å². The predicted octanol–water partition coefficient (Wildman–Crippen LogP) is 4.57. The van der Waals surface area contributed by atoms with Crippen LogP contribution in [0, 0.1) is 17.8 Å². The number of H-pyrrole nitrogens is 1. The van der Waals surface area contributed by atoms with E-state index in [1.165, 1.54) is 26.2 Å². The zero-order chi connectivity index (χ0) is 43.9. The second-order valence-electron chi connectivity index (χ2n) is 15.4. The number of rotatable bonds is 9. The predicted molar refractivity (Wildman–Crippen MR) is 229 cm³/mol. The number of ether oxygens (including phenoxy) is 3. The summed E-state index contributed by atoms with van der Waals surface area (Å²) in [5, 5.41) is 5.34. The summed E-state index contributed by atoms with van der Waals surface area (Å²) in [7, 11) is 3.82. The molecule has 7 rings (SSSR count). The summed E-state index contributed by atoms with van der Waals surface area (Å²) in [6, 6.07) is 13.6. The van der Waals surface area contributed by atoms with E-state index in [0.717, 1.165) is 28.8 Å². The number of carbonyl (C=O) groups excluding carboxylic acids is 5. The molecule has 3 N–H and O–H groups in total. The van der Waals surface area contributed by atoms with E-state index in [1.807, 2.05) is 74.5 Å². The molecule has 17 nitrogen and oxygen atoms in total. The minimum Gasteiger partial charge on any atom is -0.453 e. The average Bonchev–Trinajstić information content (AvgIpc) is 4.09. The van der Waals surface area contributed by atoms with Gasteiger partial charge in [-0.3, -0.25) is 14.6 Å². The summed E-state index contributed by atoms with van der Waals surface area (Å²) in [6.07, 6.45) is 7.00. The van der Waals surface area contributed by atoms with Gasteiger partial charge < -0.3 is 44.5 Å². The first-order valence-corrected chi connectivity index (χ1v) is 20.4. The van der Waals surface area contributed by atoms with Gasteiger partial charge in [0.2, 0.25) is 5.91 Å². The summed E-state index contributed by atoms with van der Waals surface area (Å²) in [4.78, 5) is 87.3. The van der Waals surface area contributed by atoms with Crippen LogP contribution >= 0.6 is 0 Å². The zero-order valence-electron chi connectivity index (χ0n) is 35.2. The highest BCUT2D eigenvalue weighted by Gasteiger charge is 2.41. The van der Waals surface area contributed by atoms with Crippen LogP contribution in [0.1, 0.15) is 55.7 Å². The normalized spacial score (nSPS) is 20.1. The number of benzene rings is 2. The SMILES string of the molecule is COC(=O)N[C@H](C(=O)N1CCN(C(=O)OC)CC1c1ncc(-c2ccc(C#CC3=CC4N=C(C5CCCN5C(=O)[C@H](NC(=O)OC)c5ccccc5)N=C4C=C3)cc2)[nH]1)C(C)C. The number of nitrogens with one attached hydrogen (secondary N) is 3. The molecular weight excluding hydrogens is 795 g/mol. The van der Waals surface area contributed by atoms with Crippen LogP contribution in [0.25, 0.3) is 11.3 Å². The molecule has 4 aliphatic rings. The molecular formula is C45H49N9O8. The fourth-order valence-corrected chi connectivity index (χ4v) is 7.90. The number of methoxy groups -OCH3 is 3. The van der Waals surface area contributed by atoms with Crippen molar-refractivity contribution in [2.45, 2.75) is 56.9 Å². The van der Waals surface area contributed by atoms with E-state index < -0.39 is 36.4 Å². The van der Waals surface area contributed by atoms with Crippen molar-refractivity contribution in [3.8, 4) is 23.1 Å². The highest BCUT2D eigenvalue weighted by atomic mass is 16.5. The van der Waals surface area contributed by atoms with Crippen molar-refractivity contribution in [2.75, 3.05) is 47.5 Å². The summed E-state index contributed by atoms with van der Waals surface area (Å²) in [5.41, 5.74) is 4.52. The number of aromatic nitrogens is 2. The topological polar surface area (TPSA) is 200 Å². The smallest absolute Gasteiger partial charge is 0.409 e. The lowest BCUT2D eigenvalue weighted by Gasteiger charge is -2.41. The Balaban J connectivity index is 1.03. The molecule has 3 aromatic rings. The first-order valence-electron chi connectivity index (χ1n) is 20.4. The first-order chi connectivity index (χ1) is 30.0. The van der Waals surface area contributed by atoms with Gasteiger partial charge in [0.1, 0.15) is 35.8 Å². The number of likely N-dealkylation sites (tertiary alicyclic amines) is 1. The van der Waals surface area contributed by atoms with Crippen LogP contribution in [0.3, 0.4) is 0 Å². The Kier molecular flexibility index (Phi) is 13.1. The molecule has 5 atom stereocenters. The Labute approximate surface area is 359 Å². The fraction of sp³-hybridized carbons (Fsp3) is 0.378. The number of nitrogens with zero attached hydrogens (tertiary/aromatic N) is 6. The largest absolute Gasteiger partial charge is 0.453 e. The molecule has 62 heavy (non-hydrogen) atoms. The van der Waals surface area contributed by atoms with E-state index in [9.17, 15) is 24.0 Å². The summed E-state index contributed by atoms with van der Waals surface area (Å²) < 4.78 is 14.6. The van der Waals surface area contributed by atoms with Crippen LogP contribution in [0.15, 0.2) is 94.6 Å². The molecule has 4 heterocycles. The van der Waals surface area contributed by atoms with Crippen LogP contribution < -0.4 is 10.6 Å². The van der Waals surface area contributed by atoms with Crippen molar-refractivity contribution < 1.29 is 38.2 Å². The van der Waals surface area contributed by atoms with Gasteiger partial charge in [-0.25, -0.2) is 24.4 Å². The first kappa shape index (κ1) is 42.9. The summed E-state index contributed by atoms with van der Waals surface area (Å²) in [5.74, 6) is 6.72. The van der Waals surface area contributed by atoms with Gasteiger partial charge in [-0.1, -0.05) is 68.2 Å². The number of hydrogen-bond donors (Lipinski definition) is 3. The van der Waals surface area contributed by atoms with Crippen molar-refractivity contribution in [2.24, 2.45) is 15.9 Å².